The summed E-state index contributed by atoms with van der Waals surface area (Å²) >= 11 is 0. The number of hydrogen-bond acceptors (Lipinski definition) is 4. The number of hydrogen-bond donors (Lipinski definition) is 2. The van der Waals surface area contributed by atoms with E-state index in [0.717, 1.165) is 6.26 Å². The standard InChI is InChI=1S/C13H19NO4S/c1-10(4-3-9-15)14-13(16)11-5-7-12(8-6-11)19(2,17)18/h5-8,10,15H,3-4,9H2,1-2H3,(H,14,16). The fraction of sp³-hybridized carbons (Fsp3) is 0.462. The quantitative estimate of drug-likeness (QED) is 0.816. The fourth-order valence-electron chi connectivity index (χ4n) is 1.63. The molecule has 0 aliphatic rings. The third-order valence-electron chi connectivity index (χ3n) is 2.72. The lowest BCUT2D eigenvalue weighted by atomic mass is 10.1. The molecule has 5 nitrogen and oxygen atoms in total. The number of carbonyl (C=O) groups is 1. The molecule has 0 aliphatic carbocycles. The summed E-state index contributed by atoms with van der Waals surface area (Å²) in [6.07, 6.45) is 2.46. The van der Waals surface area contributed by atoms with Gasteiger partial charge in [0.15, 0.2) is 9.84 Å². The zero-order valence-electron chi connectivity index (χ0n) is 11.1. The number of aliphatic hydroxyl groups excluding tert-OH is 1. The molecular weight excluding hydrogens is 266 g/mol. The Labute approximate surface area is 113 Å². The Morgan fingerprint density at radius 3 is 2.37 bits per heavy atom. The van der Waals surface area contributed by atoms with Gasteiger partial charge in [-0.2, -0.15) is 0 Å². The molecule has 0 bridgehead atoms. The molecule has 0 radical (unpaired) electrons. The maximum absolute atomic E-state index is 11.9. The lowest BCUT2D eigenvalue weighted by Crippen LogP contribution is -2.32. The zero-order chi connectivity index (χ0) is 14.5. The van der Waals surface area contributed by atoms with E-state index in [2.05, 4.69) is 5.32 Å². The van der Waals surface area contributed by atoms with E-state index < -0.39 is 9.84 Å². The Morgan fingerprint density at radius 2 is 1.89 bits per heavy atom. The Balaban J connectivity index is 2.68. The van der Waals surface area contributed by atoms with Gasteiger partial charge in [-0.15, -0.1) is 0 Å². The van der Waals surface area contributed by atoms with Crippen molar-refractivity contribution in [3.8, 4) is 0 Å². The molecule has 0 saturated heterocycles. The largest absolute Gasteiger partial charge is 0.396 e. The lowest BCUT2D eigenvalue weighted by molar-refractivity contribution is 0.0936. The van der Waals surface area contributed by atoms with Crippen LogP contribution in [0.25, 0.3) is 0 Å². The van der Waals surface area contributed by atoms with Gasteiger partial charge in [0.2, 0.25) is 0 Å². The third kappa shape index (κ3) is 5.00. The SMILES string of the molecule is CC(CCCO)NC(=O)c1ccc(S(C)(=O)=O)cc1. The predicted octanol–water partition coefficient (Wildman–Crippen LogP) is 0.981. The molecule has 0 saturated carbocycles. The van der Waals surface area contributed by atoms with Crippen LogP contribution in [0.3, 0.4) is 0 Å². The molecule has 0 aliphatic heterocycles. The zero-order valence-corrected chi connectivity index (χ0v) is 11.9. The lowest BCUT2D eigenvalue weighted by Gasteiger charge is -2.13. The molecule has 19 heavy (non-hydrogen) atoms. The molecule has 6 heteroatoms. The normalized spacial score (nSPS) is 13.0. The minimum absolute atomic E-state index is 0.0331. The van der Waals surface area contributed by atoms with Crippen LogP contribution in [0.2, 0.25) is 0 Å². The topological polar surface area (TPSA) is 83.5 Å². The van der Waals surface area contributed by atoms with Crippen LogP contribution in [0.15, 0.2) is 29.2 Å². The smallest absolute Gasteiger partial charge is 0.251 e. The Morgan fingerprint density at radius 1 is 1.32 bits per heavy atom. The van der Waals surface area contributed by atoms with Gasteiger partial charge in [0.1, 0.15) is 0 Å². The molecule has 0 fully saturated rings. The van der Waals surface area contributed by atoms with Crippen LogP contribution in [0, 0.1) is 0 Å². The molecule has 0 spiro atoms. The molecule has 2 N–H and O–H groups in total. The van der Waals surface area contributed by atoms with Crippen molar-refractivity contribution in [3.05, 3.63) is 29.8 Å². The molecule has 1 unspecified atom stereocenters. The molecule has 106 valence electrons. The number of rotatable bonds is 6. The minimum atomic E-state index is -3.24. The molecule has 1 aromatic rings. The van der Waals surface area contributed by atoms with Crippen molar-refractivity contribution in [1.29, 1.82) is 0 Å². The fourth-order valence-corrected chi connectivity index (χ4v) is 2.26. The second kappa shape index (κ2) is 6.68. The van der Waals surface area contributed by atoms with Crippen LogP contribution in [-0.4, -0.2) is 38.3 Å². The second-order valence-corrected chi connectivity index (χ2v) is 6.55. The highest BCUT2D eigenvalue weighted by molar-refractivity contribution is 7.90. The summed E-state index contributed by atoms with van der Waals surface area (Å²) in [6, 6.07) is 5.79. The molecular formula is C13H19NO4S. The van der Waals surface area contributed by atoms with E-state index in [1.807, 2.05) is 6.92 Å². The van der Waals surface area contributed by atoms with Crippen molar-refractivity contribution in [3.63, 3.8) is 0 Å². The van der Waals surface area contributed by atoms with Crippen molar-refractivity contribution >= 4 is 15.7 Å². The second-order valence-electron chi connectivity index (χ2n) is 4.54. The van der Waals surface area contributed by atoms with Crippen LogP contribution >= 0.6 is 0 Å². The Bertz CT molecular complexity index is 522. The maximum Gasteiger partial charge on any atom is 0.251 e. The summed E-state index contributed by atoms with van der Waals surface area (Å²) < 4.78 is 22.6. The van der Waals surface area contributed by atoms with Crippen molar-refractivity contribution < 1.29 is 18.3 Å². The van der Waals surface area contributed by atoms with Gasteiger partial charge in [0, 0.05) is 24.5 Å². The number of aliphatic hydroxyl groups is 1. The Hall–Kier alpha value is -1.40. The van der Waals surface area contributed by atoms with Gasteiger partial charge in [-0.3, -0.25) is 4.79 Å². The van der Waals surface area contributed by atoms with E-state index in [9.17, 15) is 13.2 Å². The van der Waals surface area contributed by atoms with Crippen LogP contribution in [0.1, 0.15) is 30.1 Å². The van der Waals surface area contributed by atoms with Crippen molar-refractivity contribution in [2.75, 3.05) is 12.9 Å². The first-order valence-corrected chi connectivity index (χ1v) is 7.95. The number of benzene rings is 1. The maximum atomic E-state index is 11.9. The summed E-state index contributed by atoms with van der Waals surface area (Å²) in [7, 11) is -3.24. The molecule has 1 amide bonds. The highest BCUT2D eigenvalue weighted by Gasteiger charge is 2.11. The van der Waals surface area contributed by atoms with Crippen molar-refractivity contribution in [2.45, 2.75) is 30.7 Å². The molecule has 1 atom stereocenters. The summed E-state index contributed by atoms with van der Waals surface area (Å²) in [4.78, 5) is 12.0. The van der Waals surface area contributed by atoms with E-state index in [4.69, 9.17) is 5.11 Å². The molecule has 1 aromatic carbocycles. The van der Waals surface area contributed by atoms with Gasteiger partial charge < -0.3 is 10.4 Å². The van der Waals surface area contributed by atoms with Crippen LogP contribution in [0.5, 0.6) is 0 Å². The van der Waals surface area contributed by atoms with E-state index in [0.29, 0.717) is 18.4 Å². The van der Waals surface area contributed by atoms with E-state index in [-0.39, 0.29) is 23.5 Å². The monoisotopic (exact) mass is 285 g/mol. The first kappa shape index (κ1) is 15.7. The van der Waals surface area contributed by atoms with E-state index in [1.165, 1.54) is 24.3 Å². The van der Waals surface area contributed by atoms with Gasteiger partial charge >= 0.3 is 0 Å². The van der Waals surface area contributed by atoms with Gasteiger partial charge in [-0.25, -0.2) is 8.42 Å². The summed E-state index contributed by atoms with van der Waals surface area (Å²) in [5.41, 5.74) is 0.420. The average Bonchev–Trinajstić information content (AvgIpc) is 2.35. The minimum Gasteiger partial charge on any atom is -0.396 e. The number of sulfone groups is 1. The first-order chi connectivity index (χ1) is 8.84. The molecule has 0 aromatic heterocycles. The number of carbonyl (C=O) groups excluding carboxylic acids is 1. The molecule has 1 rings (SSSR count). The number of amides is 1. The summed E-state index contributed by atoms with van der Waals surface area (Å²) in [5, 5.41) is 11.5. The average molecular weight is 285 g/mol. The van der Waals surface area contributed by atoms with Crippen molar-refractivity contribution in [2.24, 2.45) is 0 Å². The predicted molar refractivity (Wildman–Crippen MR) is 72.8 cm³/mol. The van der Waals surface area contributed by atoms with Crippen LogP contribution in [0.4, 0.5) is 0 Å². The summed E-state index contributed by atoms with van der Waals surface area (Å²) in [6.45, 7) is 1.96. The van der Waals surface area contributed by atoms with Gasteiger partial charge in [-0.05, 0) is 44.0 Å². The highest BCUT2D eigenvalue weighted by Crippen LogP contribution is 2.10. The van der Waals surface area contributed by atoms with E-state index in [1.54, 1.807) is 0 Å². The number of nitrogens with one attached hydrogen (secondary N) is 1. The van der Waals surface area contributed by atoms with Gasteiger partial charge in [-0.1, -0.05) is 0 Å². The van der Waals surface area contributed by atoms with Gasteiger partial charge in [0.05, 0.1) is 4.90 Å². The highest BCUT2D eigenvalue weighted by atomic mass is 32.2. The first-order valence-electron chi connectivity index (χ1n) is 6.06. The third-order valence-corrected chi connectivity index (χ3v) is 3.85. The van der Waals surface area contributed by atoms with Crippen LogP contribution < -0.4 is 5.32 Å². The molecule has 0 heterocycles. The van der Waals surface area contributed by atoms with Gasteiger partial charge in [0.25, 0.3) is 5.91 Å². The van der Waals surface area contributed by atoms with Crippen molar-refractivity contribution in [1.82, 2.24) is 5.32 Å². The van der Waals surface area contributed by atoms with E-state index >= 15 is 0 Å². The summed E-state index contributed by atoms with van der Waals surface area (Å²) in [5.74, 6) is -0.245. The Kier molecular flexibility index (Phi) is 5.50. The van der Waals surface area contributed by atoms with Crippen LogP contribution in [-0.2, 0) is 9.84 Å².